The van der Waals surface area contributed by atoms with E-state index in [-0.39, 0.29) is 17.6 Å². The van der Waals surface area contributed by atoms with Gasteiger partial charge in [0.2, 0.25) is 5.91 Å². The van der Waals surface area contributed by atoms with Crippen molar-refractivity contribution in [1.29, 1.82) is 0 Å². The number of aromatic nitrogens is 6. The minimum absolute atomic E-state index is 0.0547. The van der Waals surface area contributed by atoms with Crippen LogP contribution in [0.15, 0.2) is 67.1 Å². The number of anilines is 1. The van der Waals surface area contributed by atoms with Crippen LogP contribution in [-0.2, 0) is 4.79 Å². The van der Waals surface area contributed by atoms with Crippen molar-refractivity contribution in [2.24, 2.45) is 5.92 Å². The molecule has 6 aromatic rings. The van der Waals surface area contributed by atoms with E-state index in [4.69, 9.17) is 4.98 Å². The molecule has 0 aliphatic heterocycles. The van der Waals surface area contributed by atoms with Crippen molar-refractivity contribution in [3.8, 4) is 33.8 Å². The lowest BCUT2D eigenvalue weighted by atomic mass is 9.85. The number of amides is 1. The number of rotatable bonds is 5. The molecule has 1 fully saturated rings. The Morgan fingerprint density at radius 1 is 1.03 bits per heavy atom. The fraction of sp³-hybridized carbons (Fsp3) is 0.167. The molecule has 0 saturated heterocycles. The topological polar surface area (TPSA) is 112 Å². The van der Waals surface area contributed by atoms with E-state index in [1.54, 1.807) is 18.6 Å². The number of aromatic amines is 2. The third-order valence-corrected chi connectivity index (χ3v) is 7.35. The van der Waals surface area contributed by atoms with Crippen LogP contribution < -0.4 is 5.32 Å². The summed E-state index contributed by atoms with van der Waals surface area (Å²) in [6.07, 6.45) is 8.11. The average molecular weight is 518 g/mol. The lowest BCUT2D eigenvalue weighted by Crippen LogP contribution is -2.28. The zero-order valence-electron chi connectivity index (χ0n) is 21.1. The third kappa shape index (κ3) is 4.21. The Hall–Kier alpha value is -4.92. The molecule has 4 aromatic heterocycles. The number of benzene rings is 2. The molecular weight excluding hydrogens is 493 g/mol. The Kier molecular flexibility index (Phi) is 5.43. The molecule has 3 N–H and O–H groups in total. The second-order valence-electron chi connectivity index (χ2n) is 10.1. The van der Waals surface area contributed by atoms with Gasteiger partial charge < -0.3 is 10.3 Å². The number of nitrogens with zero attached hydrogens (tertiary/aromatic N) is 4. The molecule has 9 heteroatoms. The Morgan fingerprint density at radius 3 is 2.74 bits per heavy atom. The van der Waals surface area contributed by atoms with Crippen LogP contribution in [0.3, 0.4) is 0 Å². The van der Waals surface area contributed by atoms with Crippen LogP contribution in [0, 0.1) is 18.7 Å². The molecule has 39 heavy (non-hydrogen) atoms. The van der Waals surface area contributed by atoms with Gasteiger partial charge in [0, 0.05) is 34.8 Å². The number of fused-ring (bicyclic) bond motifs is 2. The number of hydrogen-bond donors (Lipinski definition) is 3. The van der Waals surface area contributed by atoms with Crippen LogP contribution in [-0.4, -0.2) is 36.0 Å². The van der Waals surface area contributed by atoms with Crippen LogP contribution >= 0.6 is 0 Å². The summed E-state index contributed by atoms with van der Waals surface area (Å²) in [5, 5.41) is 11.5. The van der Waals surface area contributed by atoms with Crippen molar-refractivity contribution in [3.63, 3.8) is 0 Å². The molecule has 1 aliphatic rings. The molecule has 0 unspecified atom stereocenters. The summed E-state index contributed by atoms with van der Waals surface area (Å²) >= 11 is 0. The number of carbonyl (C=O) groups is 1. The summed E-state index contributed by atoms with van der Waals surface area (Å²) in [4.78, 5) is 29.3. The molecule has 1 aliphatic carbocycles. The van der Waals surface area contributed by atoms with Gasteiger partial charge in [0.25, 0.3) is 0 Å². The largest absolute Gasteiger partial charge is 0.335 e. The van der Waals surface area contributed by atoms with Gasteiger partial charge in [-0.05, 0) is 72.9 Å². The summed E-state index contributed by atoms with van der Waals surface area (Å²) in [5.74, 6) is 0.420. The van der Waals surface area contributed by atoms with Gasteiger partial charge in [-0.2, -0.15) is 5.10 Å². The number of halogens is 1. The zero-order chi connectivity index (χ0) is 26.5. The predicted molar refractivity (Wildman–Crippen MR) is 148 cm³/mol. The van der Waals surface area contributed by atoms with Crippen LogP contribution in [0.4, 0.5) is 10.1 Å². The van der Waals surface area contributed by atoms with Crippen molar-refractivity contribution in [1.82, 2.24) is 30.1 Å². The molecule has 192 valence electrons. The molecule has 4 heterocycles. The van der Waals surface area contributed by atoms with Gasteiger partial charge in [0.15, 0.2) is 11.5 Å². The highest BCUT2D eigenvalue weighted by Gasteiger charge is 2.25. The standard InChI is InChI=1S/C30H24FN7O/c1-16-9-19(11-21(31)10-16)23-7-8-33-28-26(23)35-29(36-28)27-24-13-18(5-6-25(24)37-38-27)20-12-22(15-32-14-20)34-30(39)17-3-2-4-17/h5-15,17H,2-4H2,1H3,(H,34,39)(H,37,38)(H,33,35,36). The lowest BCUT2D eigenvalue weighted by Gasteiger charge is -2.24. The van der Waals surface area contributed by atoms with E-state index in [0.29, 0.717) is 28.4 Å². The molecule has 0 spiro atoms. The fourth-order valence-electron chi connectivity index (χ4n) is 5.11. The normalized spacial score (nSPS) is 13.6. The lowest BCUT2D eigenvalue weighted by molar-refractivity contribution is -0.122. The first-order chi connectivity index (χ1) is 19.0. The highest BCUT2D eigenvalue weighted by Crippen LogP contribution is 2.34. The van der Waals surface area contributed by atoms with Gasteiger partial charge in [0.05, 0.1) is 22.9 Å². The van der Waals surface area contributed by atoms with Crippen LogP contribution in [0.1, 0.15) is 24.8 Å². The third-order valence-electron chi connectivity index (χ3n) is 7.35. The number of carbonyl (C=O) groups excluding carboxylic acids is 1. The van der Waals surface area contributed by atoms with E-state index in [0.717, 1.165) is 58.0 Å². The first kappa shape index (κ1) is 23.2. The number of H-pyrrole nitrogens is 2. The second-order valence-corrected chi connectivity index (χ2v) is 10.1. The van der Waals surface area contributed by atoms with Crippen molar-refractivity contribution >= 4 is 33.7 Å². The molecule has 1 saturated carbocycles. The van der Waals surface area contributed by atoms with E-state index in [9.17, 15) is 9.18 Å². The van der Waals surface area contributed by atoms with Crippen molar-refractivity contribution < 1.29 is 9.18 Å². The fourth-order valence-corrected chi connectivity index (χ4v) is 5.11. The minimum Gasteiger partial charge on any atom is -0.335 e. The predicted octanol–water partition coefficient (Wildman–Crippen LogP) is 6.42. The summed E-state index contributed by atoms with van der Waals surface area (Å²) in [6, 6.07) is 14.7. The highest BCUT2D eigenvalue weighted by atomic mass is 19.1. The van der Waals surface area contributed by atoms with Crippen molar-refractivity contribution in [3.05, 3.63) is 78.5 Å². The van der Waals surface area contributed by atoms with Gasteiger partial charge >= 0.3 is 0 Å². The van der Waals surface area contributed by atoms with Crippen molar-refractivity contribution in [2.45, 2.75) is 26.2 Å². The summed E-state index contributed by atoms with van der Waals surface area (Å²) in [7, 11) is 0. The molecule has 0 bridgehead atoms. The quantitative estimate of drug-likeness (QED) is 0.244. The van der Waals surface area contributed by atoms with Crippen molar-refractivity contribution in [2.75, 3.05) is 5.32 Å². The molecular formula is C30H24FN7O. The molecule has 0 atom stereocenters. The van der Waals surface area contributed by atoms with Gasteiger partial charge in [-0.15, -0.1) is 0 Å². The van der Waals surface area contributed by atoms with Gasteiger partial charge in [0.1, 0.15) is 11.5 Å². The summed E-state index contributed by atoms with van der Waals surface area (Å²) < 4.78 is 14.2. The summed E-state index contributed by atoms with van der Waals surface area (Å²) in [6.45, 7) is 1.87. The highest BCUT2D eigenvalue weighted by molar-refractivity contribution is 5.98. The Bertz CT molecular complexity index is 1870. The maximum Gasteiger partial charge on any atom is 0.227 e. The molecule has 1 amide bonds. The molecule has 2 aromatic carbocycles. The monoisotopic (exact) mass is 517 g/mol. The SMILES string of the molecule is Cc1cc(F)cc(-c2ccnc3nc(-c4n[nH]c5ccc(-c6cncc(NC(=O)C7CCC7)c6)cc45)[nH]c23)c1. The Labute approximate surface area is 222 Å². The number of nitrogens with one attached hydrogen (secondary N) is 3. The van der Waals surface area contributed by atoms with E-state index in [1.165, 1.54) is 12.1 Å². The van der Waals surface area contributed by atoms with Gasteiger partial charge in [-0.25, -0.2) is 14.4 Å². The van der Waals surface area contributed by atoms with E-state index < -0.39 is 0 Å². The Morgan fingerprint density at radius 2 is 1.92 bits per heavy atom. The molecule has 7 rings (SSSR count). The number of hydrogen-bond acceptors (Lipinski definition) is 5. The smallest absolute Gasteiger partial charge is 0.227 e. The van der Waals surface area contributed by atoms with Crippen LogP contribution in [0.25, 0.3) is 55.8 Å². The zero-order valence-corrected chi connectivity index (χ0v) is 21.1. The first-order valence-corrected chi connectivity index (χ1v) is 12.9. The number of pyridine rings is 2. The molecule has 8 nitrogen and oxygen atoms in total. The van der Waals surface area contributed by atoms with E-state index >= 15 is 0 Å². The van der Waals surface area contributed by atoms with Crippen LogP contribution in [0.2, 0.25) is 0 Å². The van der Waals surface area contributed by atoms with Gasteiger partial charge in [-0.1, -0.05) is 18.6 Å². The molecule has 0 radical (unpaired) electrons. The van der Waals surface area contributed by atoms with Gasteiger partial charge in [-0.3, -0.25) is 14.9 Å². The number of aryl methyl sites for hydroxylation is 1. The average Bonchev–Trinajstić information content (AvgIpc) is 3.50. The Balaban J connectivity index is 1.27. The first-order valence-electron chi connectivity index (χ1n) is 12.9. The second kappa shape index (κ2) is 9.13. The van der Waals surface area contributed by atoms with E-state index in [1.807, 2.05) is 43.3 Å². The maximum atomic E-state index is 14.2. The van der Waals surface area contributed by atoms with Crippen LogP contribution in [0.5, 0.6) is 0 Å². The number of imidazole rings is 1. The minimum atomic E-state index is -0.290. The maximum absolute atomic E-state index is 14.2. The van der Waals surface area contributed by atoms with E-state index in [2.05, 4.69) is 30.5 Å². The summed E-state index contributed by atoms with van der Waals surface area (Å²) in [5.41, 5.74) is 7.63.